The van der Waals surface area contributed by atoms with Gasteiger partial charge in [-0.2, -0.15) is 0 Å². The summed E-state index contributed by atoms with van der Waals surface area (Å²) in [5.74, 6) is 0.768. The van der Waals surface area contributed by atoms with E-state index < -0.39 is 4.92 Å². The molecule has 0 N–H and O–H groups in total. The number of rotatable bonds is 2. The van der Waals surface area contributed by atoms with Gasteiger partial charge in [0.25, 0.3) is 5.69 Å². The summed E-state index contributed by atoms with van der Waals surface area (Å²) in [7, 11) is 0. The van der Waals surface area contributed by atoms with Gasteiger partial charge in [-0.15, -0.1) is 10.2 Å². The van der Waals surface area contributed by atoms with Gasteiger partial charge < -0.3 is 0 Å². The van der Waals surface area contributed by atoms with E-state index in [2.05, 4.69) is 15.2 Å². The van der Waals surface area contributed by atoms with E-state index in [0.717, 1.165) is 17.1 Å². The summed E-state index contributed by atoms with van der Waals surface area (Å²) in [6.45, 7) is 0.503. The Morgan fingerprint density at radius 3 is 2.88 bits per heavy atom. The minimum Gasteiger partial charge on any atom is -0.285 e. The second-order valence-electron chi connectivity index (χ2n) is 5.57. The van der Waals surface area contributed by atoms with E-state index in [1.807, 2.05) is 16.7 Å². The highest BCUT2D eigenvalue weighted by Crippen LogP contribution is 2.27. The predicted molar refractivity (Wildman–Crippen MR) is 93.7 cm³/mol. The number of hydrogen-bond acceptors (Lipinski definition) is 5. The van der Waals surface area contributed by atoms with Crippen LogP contribution < -0.4 is 0 Å². The van der Waals surface area contributed by atoms with Crippen molar-refractivity contribution in [2.24, 2.45) is 4.99 Å². The molecular formula is C17H12ClN5O2. The molecule has 2 aromatic carbocycles. The molecule has 1 aliphatic rings. The molecule has 8 heteroatoms. The number of benzene rings is 2. The molecular weight excluding hydrogens is 342 g/mol. The van der Waals surface area contributed by atoms with Gasteiger partial charge in [-0.3, -0.25) is 19.7 Å². The van der Waals surface area contributed by atoms with Gasteiger partial charge in [0.15, 0.2) is 0 Å². The summed E-state index contributed by atoms with van der Waals surface area (Å²) in [5, 5.41) is 19.9. The normalized spacial score (nSPS) is 15.3. The van der Waals surface area contributed by atoms with Gasteiger partial charge in [0.2, 0.25) is 0 Å². The zero-order valence-electron chi connectivity index (χ0n) is 13.0. The minimum absolute atomic E-state index is 0.00340. The van der Waals surface area contributed by atoms with Gasteiger partial charge in [0, 0.05) is 41.2 Å². The van der Waals surface area contributed by atoms with Crippen molar-refractivity contribution in [2.75, 3.05) is 6.54 Å². The Bertz CT molecular complexity index is 1010. The van der Waals surface area contributed by atoms with Gasteiger partial charge in [-0.1, -0.05) is 23.7 Å². The lowest BCUT2D eigenvalue weighted by atomic mass is 9.99. The third kappa shape index (κ3) is 2.78. The van der Waals surface area contributed by atoms with Crippen LogP contribution in [0.1, 0.15) is 17.0 Å². The third-order valence-electron chi connectivity index (χ3n) is 4.03. The van der Waals surface area contributed by atoms with Crippen LogP contribution in [0.15, 0.2) is 53.8 Å². The highest BCUT2D eigenvalue weighted by Gasteiger charge is 2.21. The van der Waals surface area contributed by atoms with E-state index in [-0.39, 0.29) is 5.69 Å². The Hall–Kier alpha value is -3.06. The first-order valence-corrected chi connectivity index (χ1v) is 8.00. The summed E-state index contributed by atoms with van der Waals surface area (Å²) in [4.78, 5) is 15.5. The van der Waals surface area contributed by atoms with Crippen LogP contribution in [0.2, 0.25) is 5.02 Å². The topological polar surface area (TPSA) is 86.2 Å². The van der Waals surface area contributed by atoms with Gasteiger partial charge in [-0.05, 0) is 18.2 Å². The van der Waals surface area contributed by atoms with E-state index in [0.29, 0.717) is 29.3 Å². The molecule has 7 nitrogen and oxygen atoms in total. The number of nitro groups is 1. The summed E-state index contributed by atoms with van der Waals surface area (Å²) in [6, 6.07) is 12.0. The maximum atomic E-state index is 11.2. The Balaban J connectivity index is 1.99. The van der Waals surface area contributed by atoms with Gasteiger partial charge in [-0.25, -0.2) is 0 Å². The molecule has 0 radical (unpaired) electrons. The average molecular weight is 354 g/mol. The van der Waals surface area contributed by atoms with E-state index in [4.69, 9.17) is 11.6 Å². The number of nitro benzene ring substituents is 1. The lowest BCUT2D eigenvalue weighted by molar-refractivity contribution is -0.384. The molecule has 0 fully saturated rings. The van der Waals surface area contributed by atoms with Crippen molar-refractivity contribution in [1.29, 1.82) is 0 Å². The van der Waals surface area contributed by atoms with Crippen LogP contribution in [0.5, 0.6) is 0 Å². The van der Waals surface area contributed by atoms with Crippen LogP contribution in [0.4, 0.5) is 5.69 Å². The number of non-ortho nitro benzene ring substituents is 1. The molecule has 1 aromatic heterocycles. The maximum absolute atomic E-state index is 11.2. The molecule has 2 heterocycles. The monoisotopic (exact) mass is 353 g/mol. The molecule has 0 aliphatic carbocycles. The third-order valence-corrected chi connectivity index (χ3v) is 4.26. The number of fused-ring (bicyclic) bond motifs is 3. The number of aliphatic imine (C=N–C) groups is 1. The van der Waals surface area contributed by atoms with Crippen LogP contribution in [0, 0.1) is 10.1 Å². The molecule has 4 rings (SSSR count). The number of halogens is 1. The molecule has 0 bridgehead atoms. The number of aromatic nitrogens is 3. The lowest BCUT2D eigenvalue weighted by Crippen LogP contribution is -2.15. The van der Waals surface area contributed by atoms with Crippen molar-refractivity contribution in [1.82, 2.24) is 14.8 Å². The molecule has 0 saturated heterocycles. The fraction of sp³-hybridized carbons (Fsp3) is 0.118. The lowest BCUT2D eigenvalue weighted by Gasteiger charge is -2.17. The van der Waals surface area contributed by atoms with E-state index in [9.17, 15) is 10.1 Å². The Morgan fingerprint density at radius 1 is 1.20 bits per heavy atom. The van der Waals surface area contributed by atoms with E-state index in [1.54, 1.807) is 24.5 Å². The molecule has 0 saturated carbocycles. The SMILES string of the molecule is O=[N+]([O-])c1ccc2c(c1)/C(c1cccc(Cl)c1)=N\CCc1nncn1-2. The highest BCUT2D eigenvalue weighted by molar-refractivity contribution is 6.31. The molecule has 124 valence electrons. The van der Waals surface area contributed by atoms with Crippen molar-refractivity contribution in [3.63, 3.8) is 0 Å². The first kappa shape index (κ1) is 15.5. The number of nitrogens with zero attached hydrogens (tertiary/aromatic N) is 5. The zero-order chi connectivity index (χ0) is 17.4. The van der Waals surface area contributed by atoms with Gasteiger partial charge >= 0.3 is 0 Å². The first-order chi connectivity index (χ1) is 12.1. The molecule has 0 unspecified atom stereocenters. The Kier molecular flexibility index (Phi) is 3.77. The van der Waals surface area contributed by atoms with Crippen molar-refractivity contribution >= 4 is 23.0 Å². The molecule has 0 atom stereocenters. The summed E-state index contributed by atoms with van der Waals surface area (Å²) in [5.41, 5.74) is 2.89. The predicted octanol–water partition coefficient (Wildman–Crippen LogP) is 3.22. The average Bonchev–Trinajstić information content (AvgIpc) is 3.04. The second-order valence-corrected chi connectivity index (χ2v) is 6.00. The van der Waals surface area contributed by atoms with Crippen molar-refractivity contribution in [3.8, 4) is 5.69 Å². The zero-order valence-corrected chi connectivity index (χ0v) is 13.7. The van der Waals surface area contributed by atoms with Crippen molar-refractivity contribution < 1.29 is 4.92 Å². The molecule has 0 amide bonds. The van der Waals surface area contributed by atoms with E-state index in [1.165, 1.54) is 12.1 Å². The van der Waals surface area contributed by atoms with Crippen molar-refractivity contribution in [2.45, 2.75) is 6.42 Å². The van der Waals surface area contributed by atoms with E-state index >= 15 is 0 Å². The van der Waals surface area contributed by atoms with Gasteiger partial charge in [0.05, 0.1) is 16.3 Å². The highest BCUT2D eigenvalue weighted by atomic mass is 35.5. The largest absolute Gasteiger partial charge is 0.285 e. The van der Waals surface area contributed by atoms with Gasteiger partial charge in [0.1, 0.15) is 12.2 Å². The smallest absolute Gasteiger partial charge is 0.270 e. The number of hydrogen-bond donors (Lipinski definition) is 0. The van der Waals surface area contributed by atoms with Crippen LogP contribution in [0.3, 0.4) is 0 Å². The molecule has 0 spiro atoms. The standard InChI is InChI=1S/C17H12ClN5O2/c18-12-3-1-2-11(8-12)17-14-9-13(23(24)25)4-5-15(14)22-10-20-21-16(22)6-7-19-17/h1-5,8-10H,6-7H2/b19-17-. The minimum atomic E-state index is -0.415. The summed E-state index contributed by atoms with van der Waals surface area (Å²) in [6.07, 6.45) is 2.24. The van der Waals surface area contributed by atoms with Crippen LogP contribution >= 0.6 is 11.6 Å². The molecule has 1 aliphatic heterocycles. The Morgan fingerprint density at radius 2 is 2.08 bits per heavy atom. The summed E-state index contributed by atoms with van der Waals surface area (Å²) >= 11 is 6.12. The fourth-order valence-electron chi connectivity index (χ4n) is 2.90. The summed E-state index contributed by atoms with van der Waals surface area (Å²) < 4.78 is 1.85. The Labute approximate surface area is 147 Å². The maximum Gasteiger partial charge on any atom is 0.270 e. The fourth-order valence-corrected chi connectivity index (χ4v) is 3.09. The van der Waals surface area contributed by atoms with Crippen LogP contribution in [-0.2, 0) is 6.42 Å². The van der Waals surface area contributed by atoms with Crippen LogP contribution in [-0.4, -0.2) is 31.9 Å². The van der Waals surface area contributed by atoms with Crippen LogP contribution in [0.25, 0.3) is 5.69 Å². The molecule has 25 heavy (non-hydrogen) atoms. The van der Waals surface area contributed by atoms with Crippen molar-refractivity contribution in [3.05, 3.63) is 80.9 Å². The second kappa shape index (κ2) is 6.10. The quantitative estimate of drug-likeness (QED) is 0.523. The molecule has 3 aromatic rings. The first-order valence-electron chi connectivity index (χ1n) is 7.62.